The molecule has 0 spiro atoms. The highest BCUT2D eigenvalue weighted by Crippen LogP contribution is 2.24. The first-order chi connectivity index (χ1) is 11.1. The van der Waals surface area contributed by atoms with E-state index in [1.54, 1.807) is 24.3 Å². The Kier molecular flexibility index (Phi) is 6.59. The number of anilines is 1. The Labute approximate surface area is 138 Å². The summed E-state index contributed by atoms with van der Waals surface area (Å²) in [6.07, 6.45) is 2.84. The van der Waals surface area contributed by atoms with Crippen LogP contribution in [0.1, 0.15) is 43.5 Å². The lowest BCUT2D eigenvalue weighted by atomic mass is 9.84. The Hall–Kier alpha value is -1.88. The zero-order valence-corrected chi connectivity index (χ0v) is 14.0. The summed E-state index contributed by atoms with van der Waals surface area (Å²) in [6.45, 7) is 6.76. The van der Waals surface area contributed by atoms with Crippen LogP contribution in [0.5, 0.6) is 0 Å². The number of carbonyl (C=O) groups excluding carboxylic acids is 2. The molecule has 1 aliphatic rings. The molecule has 0 saturated carbocycles. The fourth-order valence-electron chi connectivity index (χ4n) is 3.05. The third-order valence-electron chi connectivity index (χ3n) is 4.46. The highest BCUT2D eigenvalue weighted by Gasteiger charge is 2.22. The van der Waals surface area contributed by atoms with Gasteiger partial charge in [0.15, 0.2) is 0 Å². The van der Waals surface area contributed by atoms with E-state index in [0.29, 0.717) is 30.4 Å². The van der Waals surface area contributed by atoms with E-state index in [2.05, 4.69) is 22.9 Å². The second kappa shape index (κ2) is 8.67. The lowest BCUT2D eigenvalue weighted by Crippen LogP contribution is -2.32. The summed E-state index contributed by atoms with van der Waals surface area (Å²) < 4.78 is 0. The average Bonchev–Trinajstić information content (AvgIpc) is 2.56. The maximum atomic E-state index is 12.2. The molecule has 5 heteroatoms. The van der Waals surface area contributed by atoms with Gasteiger partial charge in [-0.3, -0.25) is 9.59 Å². The molecule has 1 aromatic rings. The van der Waals surface area contributed by atoms with Crippen LogP contribution in [0.3, 0.4) is 0 Å². The fraction of sp³-hybridized carbons (Fsp3) is 0.556. The minimum Gasteiger partial charge on any atom is -0.352 e. The molecule has 1 unspecified atom stereocenters. The van der Waals surface area contributed by atoms with E-state index in [4.69, 9.17) is 0 Å². The van der Waals surface area contributed by atoms with Crippen LogP contribution in [0.15, 0.2) is 24.3 Å². The van der Waals surface area contributed by atoms with Gasteiger partial charge in [-0.05, 0) is 69.0 Å². The number of benzene rings is 1. The third kappa shape index (κ3) is 5.36. The molecule has 0 radical (unpaired) electrons. The molecule has 1 heterocycles. The fourth-order valence-corrected chi connectivity index (χ4v) is 3.05. The molecule has 1 aliphatic heterocycles. The molecule has 3 N–H and O–H groups in total. The van der Waals surface area contributed by atoms with E-state index in [9.17, 15) is 9.59 Å². The molecule has 0 aromatic heterocycles. The second-order valence-corrected chi connectivity index (χ2v) is 6.25. The predicted molar refractivity (Wildman–Crippen MR) is 92.5 cm³/mol. The van der Waals surface area contributed by atoms with Gasteiger partial charge in [0, 0.05) is 24.2 Å². The van der Waals surface area contributed by atoms with Gasteiger partial charge >= 0.3 is 0 Å². The molecule has 0 aliphatic carbocycles. The van der Waals surface area contributed by atoms with Crippen molar-refractivity contribution in [2.45, 2.75) is 33.1 Å². The molecule has 2 rings (SSSR count). The van der Waals surface area contributed by atoms with Gasteiger partial charge in [-0.25, -0.2) is 0 Å². The molecule has 23 heavy (non-hydrogen) atoms. The number of piperidine rings is 1. The number of nitrogens with one attached hydrogen (secondary N) is 3. The van der Waals surface area contributed by atoms with Crippen LogP contribution in [0.4, 0.5) is 5.69 Å². The van der Waals surface area contributed by atoms with E-state index in [0.717, 1.165) is 31.6 Å². The lowest BCUT2D eigenvalue weighted by molar-refractivity contribution is -0.117. The summed E-state index contributed by atoms with van der Waals surface area (Å²) in [6, 6.07) is 7.02. The summed E-state index contributed by atoms with van der Waals surface area (Å²) >= 11 is 0. The Morgan fingerprint density at radius 2 is 1.87 bits per heavy atom. The maximum absolute atomic E-state index is 12.2. The van der Waals surface area contributed by atoms with Crippen LogP contribution in [-0.4, -0.2) is 31.4 Å². The summed E-state index contributed by atoms with van der Waals surface area (Å²) in [7, 11) is 0. The first-order valence-corrected chi connectivity index (χ1v) is 8.49. The van der Waals surface area contributed by atoms with Crippen molar-refractivity contribution < 1.29 is 9.59 Å². The topological polar surface area (TPSA) is 70.2 Å². The third-order valence-corrected chi connectivity index (χ3v) is 4.46. The number of carbonyl (C=O) groups is 2. The summed E-state index contributed by atoms with van der Waals surface area (Å²) in [5.74, 6) is 0.973. The van der Waals surface area contributed by atoms with Crippen molar-refractivity contribution in [1.82, 2.24) is 10.6 Å². The minimum atomic E-state index is -0.0927. The smallest absolute Gasteiger partial charge is 0.251 e. The van der Waals surface area contributed by atoms with Crippen LogP contribution in [-0.2, 0) is 4.79 Å². The van der Waals surface area contributed by atoms with Gasteiger partial charge in [-0.15, -0.1) is 0 Å². The second-order valence-electron chi connectivity index (χ2n) is 6.25. The number of amides is 2. The Balaban J connectivity index is 1.83. The molecular formula is C18H27N3O2. The normalized spacial score (nSPS) is 16.6. The van der Waals surface area contributed by atoms with Crippen molar-refractivity contribution in [2.24, 2.45) is 11.8 Å². The Bertz CT molecular complexity index is 522. The summed E-state index contributed by atoms with van der Waals surface area (Å²) in [5, 5.41) is 9.03. The highest BCUT2D eigenvalue weighted by molar-refractivity contribution is 5.95. The molecule has 5 nitrogen and oxygen atoms in total. The molecule has 0 bridgehead atoms. The molecule has 2 amide bonds. The van der Waals surface area contributed by atoms with E-state index < -0.39 is 0 Å². The SMILES string of the molecule is CCNC(=O)c1ccc(NC(=O)CC(C)C2CCNCC2)cc1. The largest absolute Gasteiger partial charge is 0.352 e. The Morgan fingerprint density at radius 1 is 1.22 bits per heavy atom. The van der Waals surface area contributed by atoms with Gasteiger partial charge < -0.3 is 16.0 Å². The first kappa shape index (κ1) is 17.5. The van der Waals surface area contributed by atoms with Gasteiger partial charge in [0.25, 0.3) is 5.91 Å². The van der Waals surface area contributed by atoms with Crippen molar-refractivity contribution in [1.29, 1.82) is 0 Å². The van der Waals surface area contributed by atoms with E-state index in [-0.39, 0.29) is 11.8 Å². The molecular weight excluding hydrogens is 290 g/mol. The number of hydrogen-bond acceptors (Lipinski definition) is 3. The Morgan fingerprint density at radius 3 is 2.48 bits per heavy atom. The predicted octanol–water partition coefficient (Wildman–Crippen LogP) is 2.40. The quantitative estimate of drug-likeness (QED) is 0.754. The van der Waals surface area contributed by atoms with Gasteiger partial charge in [0.2, 0.25) is 5.91 Å². The van der Waals surface area contributed by atoms with Crippen molar-refractivity contribution in [3.8, 4) is 0 Å². The van der Waals surface area contributed by atoms with Gasteiger partial charge in [0.05, 0.1) is 0 Å². The van der Waals surface area contributed by atoms with Crippen molar-refractivity contribution in [3.05, 3.63) is 29.8 Å². The monoisotopic (exact) mass is 317 g/mol. The van der Waals surface area contributed by atoms with E-state index in [1.807, 2.05) is 6.92 Å². The highest BCUT2D eigenvalue weighted by atomic mass is 16.2. The molecule has 1 aromatic carbocycles. The zero-order chi connectivity index (χ0) is 16.7. The zero-order valence-electron chi connectivity index (χ0n) is 14.0. The summed E-state index contributed by atoms with van der Waals surface area (Å²) in [5.41, 5.74) is 1.34. The molecule has 126 valence electrons. The van der Waals surface area contributed by atoms with Crippen molar-refractivity contribution >= 4 is 17.5 Å². The molecule has 1 fully saturated rings. The molecule has 1 saturated heterocycles. The van der Waals surface area contributed by atoms with Crippen LogP contribution < -0.4 is 16.0 Å². The number of rotatable bonds is 6. The minimum absolute atomic E-state index is 0.0433. The van der Waals surface area contributed by atoms with E-state index in [1.165, 1.54) is 0 Å². The van der Waals surface area contributed by atoms with Crippen LogP contribution in [0.25, 0.3) is 0 Å². The summed E-state index contributed by atoms with van der Waals surface area (Å²) in [4.78, 5) is 23.9. The van der Waals surface area contributed by atoms with Gasteiger partial charge in [-0.1, -0.05) is 6.92 Å². The van der Waals surface area contributed by atoms with Crippen LogP contribution in [0.2, 0.25) is 0 Å². The lowest BCUT2D eigenvalue weighted by Gasteiger charge is -2.27. The van der Waals surface area contributed by atoms with E-state index >= 15 is 0 Å². The van der Waals surface area contributed by atoms with Crippen LogP contribution >= 0.6 is 0 Å². The van der Waals surface area contributed by atoms with Gasteiger partial charge in [0.1, 0.15) is 0 Å². The van der Waals surface area contributed by atoms with Crippen molar-refractivity contribution in [2.75, 3.05) is 25.0 Å². The van der Waals surface area contributed by atoms with Crippen LogP contribution in [0, 0.1) is 11.8 Å². The first-order valence-electron chi connectivity index (χ1n) is 8.49. The standard InChI is InChI=1S/C18H27N3O2/c1-3-20-18(23)15-4-6-16(7-5-15)21-17(22)12-13(2)14-8-10-19-11-9-14/h4-7,13-14,19H,3,8-12H2,1-2H3,(H,20,23)(H,21,22). The van der Waals surface area contributed by atoms with Crippen molar-refractivity contribution in [3.63, 3.8) is 0 Å². The average molecular weight is 317 g/mol. The number of hydrogen-bond donors (Lipinski definition) is 3. The molecule has 1 atom stereocenters. The van der Waals surface area contributed by atoms with Gasteiger partial charge in [-0.2, -0.15) is 0 Å². The maximum Gasteiger partial charge on any atom is 0.251 e.